The summed E-state index contributed by atoms with van der Waals surface area (Å²) < 4.78 is 38.0. The van der Waals surface area contributed by atoms with Crippen LogP contribution in [0.15, 0.2) is 18.3 Å². The van der Waals surface area contributed by atoms with Gasteiger partial charge in [0.05, 0.1) is 0 Å². The molecule has 0 aliphatic rings. The molecule has 0 saturated heterocycles. The van der Waals surface area contributed by atoms with E-state index in [1.807, 2.05) is 6.92 Å². The van der Waals surface area contributed by atoms with Crippen LogP contribution >= 0.6 is 0 Å². The van der Waals surface area contributed by atoms with Gasteiger partial charge in [-0.3, -0.25) is 0 Å². The molecule has 0 saturated carbocycles. The number of hydrogen-bond donors (Lipinski definition) is 1. The predicted octanol–water partition coefficient (Wildman–Crippen LogP) is 2.75. The van der Waals surface area contributed by atoms with E-state index >= 15 is 0 Å². The molecule has 3 nitrogen and oxygen atoms in total. The third-order valence-electron chi connectivity index (χ3n) is 2.65. The number of nitrogens with two attached hydrogens (primary N) is 1. The lowest BCUT2D eigenvalue weighted by molar-refractivity contribution is -0.120. The second kappa shape index (κ2) is 6.23. The van der Waals surface area contributed by atoms with Crippen LogP contribution in [0.2, 0.25) is 0 Å². The molecule has 0 radical (unpaired) electrons. The summed E-state index contributed by atoms with van der Waals surface area (Å²) in [5.74, 6) is 0.368. The highest BCUT2D eigenvalue weighted by atomic mass is 19.4. The lowest BCUT2D eigenvalue weighted by atomic mass is 10.1. The Balaban J connectivity index is 3.08. The van der Waals surface area contributed by atoms with Gasteiger partial charge in [-0.2, -0.15) is 13.2 Å². The molecule has 1 rings (SSSR count). The van der Waals surface area contributed by atoms with E-state index in [4.69, 9.17) is 5.73 Å². The standard InChI is InChI=1S/C13H20F3N3/c1-9(2)19(8-13(14,15)16)12-11(7-10(3)17)5-4-6-18-12/h4-6,9-10H,7-8,17H2,1-3H3. The smallest absolute Gasteiger partial charge is 0.345 e. The van der Waals surface area contributed by atoms with Crippen molar-refractivity contribution >= 4 is 5.82 Å². The Kier molecular flexibility index (Phi) is 5.17. The first-order valence-electron chi connectivity index (χ1n) is 6.23. The molecule has 1 heterocycles. The highest BCUT2D eigenvalue weighted by Crippen LogP contribution is 2.25. The van der Waals surface area contributed by atoms with Crippen LogP contribution in [0.1, 0.15) is 26.3 Å². The summed E-state index contributed by atoms with van der Waals surface area (Å²) in [7, 11) is 0. The van der Waals surface area contributed by atoms with Gasteiger partial charge in [0.1, 0.15) is 12.4 Å². The fraction of sp³-hybridized carbons (Fsp3) is 0.615. The van der Waals surface area contributed by atoms with Gasteiger partial charge in [0, 0.05) is 18.3 Å². The fourth-order valence-corrected chi connectivity index (χ4v) is 1.89. The molecule has 1 atom stereocenters. The molecular formula is C13H20F3N3. The van der Waals surface area contributed by atoms with E-state index in [1.54, 1.807) is 26.0 Å². The largest absolute Gasteiger partial charge is 0.405 e. The van der Waals surface area contributed by atoms with Crippen LogP contribution in [0, 0.1) is 0 Å². The van der Waals surface area contributed by atoms with Crippen molar-refractivity contribution in [1.82, 2.24) is 4.98 Å². The second-order valence-corrected chi connectivity index (χ2v) is 5.00. The first kappa shape index (κ1) is 15.8. The van der Waals surface area contributed by atoms with Crippen molar-refractivity contribution in [2.75, 3.05) is 11.4 Å². The fourth-order valence-electron chi connectivity index (χ4n) is 1.89. The van der Waals surface area contributed by atoms with Crippen LogP contribution in [-0.2, 0) is 6.42 Å². The molecule has 0 aliphatic heterocycles. The van der Waals surface area contributed by atoms with Crippen molar-refractivity contribution < 1.29 is 13.2 Å². The molecule has 19 heavy (non-hydrogen) atoms. The molecule has 0 bridgehead atoms. The molecule has 0 amide bonds. The van der Waals surface area contributed by atoms with Crippen LogP contribution in [-0.4, -0.2) is 29.8 Å². The van der Waals surface area contributed by atoms with Gasteiger partial charge in [0.2, 0.25) is 0 Å². The molecule has 2 N–H and O–H groups in total. The predicted molar refractivity (Wildman–Crippen MR) is 70.1 cm³/mol. The summed E-state index contributed by atoms with van der Waals surface area (Å²) in [6, 6.07) is 3.08. The second-order valence-electron chi connectivity index (χ2n) is 5.00. The maximum Gasteiger partial charge on any atom is 0.405 e. The van der Waals surface area contributed by atoms with Crippen molar-refractivity contribution in [2.45, 2.75) is 45.5 Å². The molecule has 1 unspecified atom stereocenters. The van der Waals surface area contributed by atoms with Crippen LogP contribution < -0.4 is 10.6 Å². The highest BCUT2D eigenvalue weighted by Gasteiger charge is 2.33. The molecular weight excluding hydrogens is 255 g/mol. The summed E-state index contributed by atoms with van der Waals surface area (Å²) >= 11 is 0. The molecule has 1 aromatic heterocycles. The van der Waals surface area contributed by atoms with E-state index in [0.29, 0.717) is 12.2 Å². The number of rotatable bonds is 5. The van der Waals surface area contributed by atoms with Crippen molar-refractivity contribution in [1.29, 1.82) is 0 Å². The van der Waals surface area contributed by atoms with Crippen molar-refractivity contribution in [3.05, 3.63) is 23.9 Å². The maximum absolute atomic E-state index is 12.7. The lowest BCUT2D eigenvalue weighted by Gasteiger charge is -2.30. The van der Waals surface area contributed by atoms with Crippen LogP contribution in [0.25, 0.3) is 0 Å². The van der Waals surface area contributed by atoms with Crippen molar-refractivity contribution in [2.24, 2.45) is 5.73 Å². The number of anilines is 1. The lowest BCUT2D eigenvalue weighted by Crippen LogP contribution is -2.40. The van der Waals surface area contributed by atoms with Gasteiger partial charge < -0.3 is 10.6 Å². The van der Waals surface area contributed by atoms with Gasteiger partial charge in [-0.25, -0.2) is 4.98 Å². The van der Waals surface area contributed by atoms with Crippen molar-refractivity contribution in [3.63, 3.8) is 0 Å². The third kappa shape index (κ3) is 5.06. The third-order valence-corrected chi connectivity index (χ3v) is 2.65. The normalized spacial score (nSPS) is 13.7. The summed E-state index contributed by atoms with van der Waals surface area (Å²) in [5, 5.41) is 0. The Morgan fingerprint density at radius 1 is 1.32 bits per heavy atom. The zero-order valence-electron chi connectivity index (χ0n) is 11.4. The quantitative estimate of drug-likeness (QED) is 0.898. The van der Waals surface area contributed by atoms with Gasteiger partial charge in [-0.05, 0) is 38.8 Å². The summed E-state index contributed by atoms with van der Waals surface area (Å²) in [6.07, 6.45) is -2.25. The van der Waals surface area contributed by atoms with Gasteiger partial charge >= 0.3 is 6.18 Å². The minimum absolute atomic E-state index is 0.122. The average molecular weight is 275 g/mol. The van der Waals surface area contributed by atoms with E-state index < -0.39 is 12.7 Å². The number of halogens is 3. The SMILES string of the molecule is CC(N)Cc1cccnc1N(CC(F)(F)F)C(C)C. The first-order valence-corrected chi connectivity index (χ1v) is 6.23. The molecule has 0 spiro atoms. The van der Waals surface area contributed by atoms with E-state index in [2.05, 4.69) is 4.98 Å². The molecule has 0 fully saturated rings. The van der Waals surface area contributed by atoms with Crippen molar-refractivity contribution in [3.8, 4) is 0 Å². The Hall–Kier alpha value is -1.30. The summed E-state index contributed by atoms with van der Waals surface area (Å²) in [5.41, 5.74) is 6.47. The van der Waals surface area contributed by atoms with Gasteiger partial charge in [-0.15, -0.1) is 0 Å². The Bertz CT molecular complexity index is 402. The summed E-state index contributed by atoms with van der Waals surface area (Å²) in [4.78, 5) is 5.37. The number of nitrogens with zero attached hydrogens (tertiary/aromatic N) is 2. The molecule has 6 heteroatoms. The molecule has 108 valence electrons. The maximum atomic E-state index is 12.7. The zero-order chi connectivity index (χ0) is 14.6. The number of pyridine rings is 1. The van der Waals surface area contributed by atoms with Gasteiger partial charge in [0.25, 0.3) is 0 Å². The van der Waals surface area contributed by atoms with E-state index in [9.17, 15) is 13.2 Å². The Morgan fingerprint density at radius 3 is 2.42 bits per heavy atom. The number of hydrogen-bond acceptors (Lipinski definition) is 3. The molecule has 0 aromatic carbocycles. The van der Waals surface area contributed by atoms with Crippen LogP contribution in [0.5, 0.6) is 0 Å². The topological polar surface area (TPSA) is 42.1 Å². The average Bonchev–Trinajstić information content (AvgIpc) is 2.24. The minimum Gasteiger partial charge on any atom is -0.345 e. The van der Waals surface area contributed by atoms with Crippen LogP contribution in [0.4, 0.5) is 19.0 Å². The first-order chi connectivity index (χ1) is 8.70. The zero-order valence-corrected chi connectivity index (χ0v) is 11.4. The van der Waals surface area contributed by atoms with E-state index in [-0.39, 0.29) is 12.1 Å². The number of aromatic nitrogens is 1. The molecule has 1 aromatic rings. The molecule has 0 aliphatic carbocycles. The van der Waals surface area contributed by atoms with Crippen LogP contribution in [0.3, 0.4) is 0 Å². The summed E-state index contributed by atoms with van der Waals surface area (Å²) in [6.45, 7) is 4.25. The Labute approximate surface area is 111 Å². The van der Waals surface area contributed by atoms with Gasteiger partial charge in [0.15, 0.2) is 0 Å². The number of alkyl halides is 3. The van der Waals surface area contributed by atoms with Gasteiger partial charge in [-0.1, -0.05) is 6.07 Å². The van der Waals surface area contributed by atoms with E-state index in [0.717, 1.165) is 5.56 Å². The highest BCUT2D eigenvalue weighted by molar-refractivity contribution is 5.48. The minimum atomic E-state index is -4.26. The Morgan fingerprint density at radius 2 is 1.95 bits per heavy atom. The monoisotopic (exact) mass is 275 g/mol. The van der Waals surface area contributed by atoms with E-state index in [1.165, 1.54) is 11.1 Å².